The highest BCUT2D eigenvalue weighted by Crippen LogP contribution is 2.25. The summed E-state index contributed by atoms with van der Waals surface area (Å²) in [6.45, 7) is 3.59. The van der Waals surface area contributed by atoms with Gasteiger partial charge in [0.25, 0.3) is 5.91 Å². The van der Waals surface area contributed by atoms with E-state index in [2.05, 4.69) is 10.5 Å². The zero-order valence-corrected chi connectivity index (χ0v) is 18.2. The SMILES string of the molecule is Cc1cc(/C=N/NC(=O)COc2cccc(Cl)c2)c(C)n1-c1ccc(C(=O)O)c(Cl)c1. The Bertz CT molecular complexity index is 1170. The van der Waals surface area contributed by atoms with E-state index in [0.29, 0.717) is 10.8 Å². The summed E-state index contributed by atoms with van der Waals surface area (Å²) in [5.74, 6) is -1.01. The number of hydrazone groups is 1. The summed E-state index contributed by atoms with van der Waals surface area (Å²) in [7, 11) is 0. The average Bonchev–Trinajstić information content (AvgIpc) is 2.99. The number of nitrogens with zero attached hydrogens (tertiary/aromatic N) is 2. The third-order valence-corrected chi connectivity index (χ3v) is 5.02. The first-order valence-corrected chi connectivity index (χ1v) is 9.94. The lowest BCUT2D eigenvalue weighted by Gasteiger charge is -2.11. The van der Waals surface area contributed by atoms with Crippen molar-refractivity contribution >= 4 is 41.3 Å². The van der Waals surface area contributed by atoms with Crippen LogP contribution < -0.4 is 10.2 Å². The van der Waals surface area contributed by atoms with E-state index in [4.69, 9.17) is 33.0 Å². The Morgan fingerprint density at radius 1 is 1.16 bits per heavy atom. The number of carboxylic acids is 1. The van der Waals surface area contributed by atoms with Gasteiger partial charge >= 0.3 is 5.97 Å². The molecule has 0 saturated carbocycles. The number of nitrogens with one attached hydrogen (secondary N) is 1. The Labute approximate surface area is 188 Å². The molecule has 0 saturated heterocycles. The molecule has 0 atom stereocenters. The van der Waals surface area contributed by atoms with Gasteiger partial charge in [0.15, 0.2) is 6.61 Å². The summed E-state index contributed by atoms with van der Waals surface area (Å²) in [6.07, 6.45) is 1.53. The number of benzene rings is 2. The van der Waals surface area contributed by atoms with E-state index in [9.17, 15) is 9.59 Å². The number of ether oxygens (including phenoxy) is 1. The predicted octanol–water partition coefficient (Wildman–Crippen LogP) is 4.63. The van der Waals surface area contributed by atoms with Gasteiger partial charge in [0.05, 0.1) is 16.8 Å². The number of halogens is 2. The van der Waals surface area contributed by atoms with Gasteiger partial charge in [-0.3, -0.25) is 4.79 Å². The number of aromatic nitrogens is 1. The molecule has 7 nitrogen and oxygen atoms in total. The largest absolute Gasteiger partial charge is 0.484 e. The summed E-state index contributed by atoms with van der Waals surface area (Å²) in [4.78, 5) is 23.1. The van der Waals surface area contributed by atoms with Gasteiger partial charge in [0, 0.05) is 27.7 Å². The van der Waals surface area contributed by atoms with Gasteiger partial charge in [0.2, 0.25) is 0 Å². The van der Waals surface area contributed by atoms with Gasteiger partial charge in [-0.25, -0.2) is 10.2 Å². The number of carbonyl (C=O) groups excluding carboxylic acids is 1. The lowest BCUT2D eigenvalue weighted by molar-refractivity contribution is -0.123. The maximum atomic E-state index is 11.9. The molecule has 0 bridgehead atoms. The average molecular weight is 460 g/mol. The minimum Gasteiger partial charge on any atom is -0.484 e. The van der Waals surface area contributed by atoms with Crippen LogP contribution in [-0.4, -0.2) is 34.4 Å². The molecule has 0 spiro atoms. The molecule has 0 aliphatic heterocycles. The number of amides is 1. The Balaban J connectivity index is 1.67. The molecule has 1 amide bonds. The molecule has 9 heteroatoms. The van der Waals surface area contributed by atoms with Crippen LogP contribution in [0.1, 0.15) is 27.3 Å². The first-order chi connectivity index (χ1) is 14.8. The maximum Gasteiger partial charge on any atom is 0.337 e. The Hall–Kier alpha value is -3.29. The second-order valence-corrected chi connectivity index (χ2v) is 7.51. The molecule has 31 heavy (non-hydrogen) atoms. The smallest absolute Gasteiger partial charge is 0.337 e. The first kappa shape index (κ1) is 22.4. The van der Waals surface area contributed by atoms with Crippen LogP contribution in [0.2, 0.25) is 10.0 Å². The van der Waals surface area contributed by atoms with Gasteiger partial charge < -0.3 is 14.4 Å². The molecule has 1 aromatic heterocycles. The van der Waals surface area contributed by atoms with Crippen LogP contribution in [0.3, 0.4) is 0 Å². The van der Waals surface area contributed by atoms with Crippen molar-refractivity contribution in [3.8, 4) is 11.4 Å². The fourth-order valence-corrected chi connectivity index (χ4v) is 3.48. The highest BCUT2D eigenvalue weighted by atomic mass is 35.5. The number of hydrogen-bond acceptors (Lipinski definition) is 4. The molecule has 2 aromatic carbocycles. The molecule has 3 rings (SSSR count). The second-order valence-electron chi connectivity index (χ2n) is 6.67. The minimum atomic E-state index is -1.08. The van der Waals surface area contributed by atoms with E-state index in [1.165, 1.54) is 12.3 Å². The summed E-state index contributed by atoms with van der Waals surface area (Å²) in [5.41, 5.74) is 5.72. The topological polar surface area (TPSA) is 92.9 Å². The lowest BCUT2D eigenvalue weighted by atomic mass is 10.2. The zero-order valence-electron chi connectivity index (χ0n) is 16.7. The quantitative estimate of drug-likeness (QED) is 0.397. The minimum absolute atomic E-state index is 0.0392. The number of aryl methyl sites for hydroxylation is 1. The molecule has 0 fully saturated rings. The zero-order chi connectivity index (χ0) is 22.5. The Kier molecular flexibility index (Phi) is 6.99. The van der Waals surface area contributed by atoms with E-state index in [1.54, 1.807) is 36.4 Å². The third-order valence-electron chi connectivity index (χ3n) is 4.47. The number of hydrogen-bond donors (Lipinski definition) is 2. The van der Waals surface area contributed by atoms with Crippen molar-refractivity contribution in [3.05, 3.63) is 81.1 Å². The molecule has 2 N–H and O–H groups in total. The van der Waals surface area contributed by atoms with E-state index < -0.39 is 11.9 Å². The van der Waals surface area contributed by atoms with Crippen LogP contribution in [0.5, 0.6) is 5.75 Å². The Morgan fingerprint density at radius 2 is 1.94 bits per heavy atom. The van der Waals surface area contributed by atoms with Crippen molar-refractivity contribution in [2.75, 3.05) is 6.61 Å². The van der Waals surface area contributed by atoms with Crippen LogP contribution in [0, 0.1) is 13.8 Å². The van der Waals surface area contributed by atoms with Crippen LogP contribution >= 0.6 is 23.2 Å². The van der Waals surface area contributed by atoms with Gasteiger partial charge in [-0.05, 0) is 56.3 Å². The molecule has 3 aromatic rings. The lowest BCUT2D eigenvalue weighted by Crippen LogP contribution is -2.24. The fraction of sp³-hybridized carbons (Fsp3) is 0.136. The Morgan fingerprint density at radius 3 is 2.61 bits per heavy atom. The van der Waals surface area contributed by atoms with Crippen LogP contribution in [0.25, 0.3) is 5.69 Å². The van der Waals surface area contributed by atoms with Gasteiger partial charge in [0.1, 0.15) is 5.75 Å². The predicted molar refractivity (Wildman–Crippen MR) is 120 cm³/mol. The van der Waals surface area contributed by atoms with E-state index in [0.717, 1.165) is 22.6 Å². The van der Waals surface area contributed by atoms with Gasteiger partial charge in [-0.1, -0.05) is 29.3 Å². The highest BCUT2D eigenvalue weighted by Gasteiger charge is 2.13. The standard InChI is InChI=1S/C22H19Cl2N3O4/c1-13-8-15(11-25-26-21(28)12-31-18-5-3-4-16(23)9-18)14(2)27(13)17-6-7-19(22(29)30)20(24)10-17/h3-11H,12H2,1-2H3,(H,26,28)(H,29,30)/b25-11+. The molecule has 0 unspecified atom stereocenters. The van der Waals surface area contributed by atoms with E-state index in [1.807, 2.05) is 24.5 Å². The summed E-state index contributed by atoms with van der Waals surface area (Å²) in [6, 6.07) is 13.4. The van der Waals surface area contributed by atoms with Crippen molar-refractivity contribution in [2.45, 2.75) is 13.8 Å². The first-order valence-electron chi connectivity index (χ1n) is 9.18. The number of carbonyl (C=O) groups is 2. The highest BCUT2D eigenvalue weighted by molar-refractivity contribution is 6.33. The van der Waals surface area contributed by atoms with E-state index >= 15 is 0 Å². The summed E-state index contributed by atoms with van der Waals surface area (Å²) >= 11 is 12.0. The number of rotatable bonds is 7. The van der Waals surface area contributed by atoms with Crippen LogP contribution in [-0.2, 0) is 4.79 Å². The normalized spacial score (nSPS) is 11.0. The van der Waals surface area contributed by atoms with E-state index in [-0.39, 0.29) is 17.2 Å². The molecule has 160 valence electrons. The van der Waals surface area contributed by atoms with Crippen LogP contribution in [0.15, 0.2) is 53.6 Å². The number of carboxylic acid groups (broad SMARTS) is 1. The van der Waals surface area contributed by atoms with Crippen molar-refractivity contribution < 1.29 is 19.4 Å². The summed E-state index contributed by atoms with van der Waals surface area (Å²) < 4.78 is 7.28. The molecule has 0 radical (unpaired) electrons. The van der Waals surface area contributed by atoms with Crippen molar-refractivity contribution in [3.63, 3.8) is 0 Å². The fourth-order valence-electron chi connectivity index (χ4n) is 3.04. The molecular formula is C22H19Cl2N3O4. The van der Waals surface area contributed by atoms with Gasteiger partial charge in [-0.2, -0.15) is 5.10 Å². The van der Waals surface area contributed by atoms with Crippen LogP contribution in [0.4, 0.5) is 0 Å². The molecular weight excluding hydrogens is 441 g/mol. The molecule has 0 aliphatic rings. The van der Waals surface area contributed by atoms with Crippen molar-refractivity contribution in [1.29, 1.82) is 0 Å². The maximum absolute atomic E-state index is 11.9. The third kappa shape index (κ3) is 5.45. The van der Waals surface area contributed by atoms with Gasteiger partial charge in [-0.15, -0.1) is 0 Å². The van der Waals surface area contributed by atoms with Crippen molar-refractivity contribution in [1.82, 2.24) is 9.99 Å². The molecule has 1 heterocycles. The summed E-state index contributed by atoms with van der Waals surface area (Å²) in [5, 5.41) is 13.8. The van der Waals surface area contributed by atoms with Crippen molar-refractivity contribution in [2.24, 2.45) is 5.10 Å². The monoisotopic (exact) mass is 459 g/mol. The molecule has 0 aliphatic carbocycles. The number of aromatic carboxylic acids is 1. The second kappa shape index (κ2) is 9.68.